The van der Waals surface area contributed by atoms with Crippen molar-refractivity contribution in [3.05, 3.63) is 44.3 Å². The fourth-order valence-electron chi connectivity index (χ4n) is 2.55. The second kappa shape index (κ2) is 5.42. The first-order chi connectivity index (χ1) is 9.95. The van der Waals surface area contributed by atoms with Gasteiger partial charge in [-0.2, -0.15) is 0 Å². The van der Waals surface area contributed by atoms with E-state index in [0.717, 1.165) is 11.9 Å². The lowest BCUT2D eigenvalue weighted by molar-refractivity contribution is 0.568. The third-order valence-corrected chi connectivity index (χ3v) is 5.12. The largest absolute Gasteiger partial charge is 0.369 e. The highest BCUT2D eigenvalue weighted by Crippen LogP contribution is 2.30. The van der Waals surface area contributed by atoms with Crippen LogP contribution in [0.1, 0.15) is 22.7 Å². The van der Waals surface area contributed by atoms with Crippen LogP contribution < -0.4 is 5.73 Å². The number of halogens is 2. The lowest BCUT2D eigenvalue weighted by atomic mass is 10.2. The summed E-state index contributed by atoms with van der Waals surface area (Å²) in [5, 5.41) is 0. The molecule has 0 amide bonds. The quantitative estimate of drug-likeness (QED) is 0.729. The van der Waals surface area contributed by atoms with Crippen LogP contribution in [0.4, 0.5) is 10.3 Å². The molecule has 1 unspecified atom stereocenters. The number of thiophene rings is 1. The van der Waals surface area contributed by atoms with Gasteiger partial charge in [-0.15, -0.1) is 11.3 Å². The minimum absolute atomic E-state index is 0.119. The predicted octanol–water partition coefficient (Wildman–Crippen LogP) is 4.69. The van der Waals surface area contributed by atoms with E-state index < -0.39 is 0 Å². The van der Waals surface area contributed by atoms with Crippen LogP contribution in [0.3, 0.4) is 0 Å². The van der Waals surface area contributed by atoms with Gasteiger partial charge in [-0.3, -0.25) is 0 Å². The zero-order valence-electron chi connectivity index (χ0n) is 11.7. The molecule has 2 heterocycles. The first-order valence-electron chi connectivity index (χ1n) is 6.63. The molecule has 0 radical (unpaired) electrons. The molecule has 0 aliphatic carbocycles. The Labute approximate surface area is 134 Å². The summed E-state index contributed by atoms with van der Waals surface area (Å²) >= 11 is 4.95. The molecule has 110 valence electrons. The fraction of sp³-hybridized carbons (Fsp3) is 0.267. The van der Waals surface area contributed by atoms with Gasteiger partial charge in [-0.25, -0.2) is 9.37 Å². The van der Waals surface area contributed by atoms with Gasteiger partial charge in [0.2, 0.25) is 5.95 Å². The normalized spacial score (nSPS) is 13.0. The summed E-state index contributed by atoms with van der Waals surface area (Å²) in [4.78, 5) is 6.91. The van der Waals surface area contributed by atoms with Crippen LogP contribution in [0.2, 0.25) is 0 Å². The summed E-state index contributed by atoms with van der Waals surface area (Å²) in [5.41, 5.74) is 7.46. The van der Waals surface area contributed by atoms with Crippen LogP contribution in [0.5, 0.6) is 0 Å². The van der Waals surface area contributed by atoms with Crippen molar-refractivity contribution in [2.24, 2.45) is 0 Å². The maximum atomic E-state index is 13.8. The first-order valence-corrected chi connectivity index (χ1v) is 8.24. The zero-order valence-corrected chi connectivity index (χ0v) is 14.1. The van der Waals surface area contributed by atoms with Gasteiger partial charge in [-0.05, 0) is 48.0 Å². The average Bonchev–Trinajstić information content (AvgIpc) is 2.93. The van der Waals surface area contributed by atoms with Crippen molar-refractivity contribution in [1.82, 2.24) is 9.55 Å². The van der Waals surface area contributed by atoms with Crippen LogP contribution in [0, 0.1) is 12.7 Å². The number of nitrogens with zero attached hydrogens (tertiary/aromatic N) is 2. The molecule has 0 bridgehead atoms. The number of hydrogen-bond acceptors (Lipinski definition) is 3. The molecule has 2 aromatic heterocycles. The SMILES string of the molecule is Cc1ccc(CC(C)n2c(N)nc3cc(Br)c(F)cc32)s1. The van der Waals surface area contributed by atoms with E-state index in [4.69, 9.17) is 5.73 Å². The number of hydrogen-bond donors (Lipinski definition) is 1. The summed E-state index contributed by atoms with van der Waals surface area (Å²) in [7, 11) is 0. The molecule has 21 heavy (non-hydrogen) atoms. The van der Waals surface area contributed by atoms with Crippen LogP contribution in [-0.2, 0) is 6.42 Å². The second-order valence-electron chi connectivity index (χ2n) is 5.16. The summed E-state index contributed by atoms with van der Waals surface area (Å²) in [6, 6.07) is 7.51. The van der Waals surface area contributed by atoms with Crippen molar-refractivity contribution >= 4 is 44.2 Å². The third-order valence-electron chi connectivity index (χ3n) is 3.49. The van der Waals surface area contributed by atoms with Gasteiger partial charge in [0.05, 0.1) is 15.5 Å². The highest BCUT2D eigenvalue weighted by Gasteiger charge is 2.17. The maximum Gasteiger partial charge on any atom is 0.201 e. The molecule has 1 atom stereocenters. The number of imidazole rings is 1. The Morgan fingerprint density at radius 1 is 1.43 bits per heavy atom. The lowest BCUT2D eigenvalue weighted by Crippen LogP contribution is -2.10. The number of anilines is 1. The number of nitrogens with two attached hydrogens (primary N) is 1. The minimum Gasteiger partial charge on any atom is -0.369 e. The maximum absolute atomic E-state index is 13.8. The Balaban J connectivity index is 2.02. The van der Waals surface area contributed by atoms with Gasteiger partial charge >= 0.3 is 0 Å². The molecule has 1 aromatic carbocycles. The number of benzene rings is 1. The number of rotatable bonds is 3. The molecule has 2 N–H and O–H groups in total. The van der Waals surface area contributed by atoms with Gasteiger partial charge in [0, 0.05) is 28.3 Å². The summed E-state index contributed by atoms with van der Waals surface area (Å²) < 4.78 is 16.1. The van der Waals surface area contributed by atoms with Gasteiger partial charge in [-0.1, -0.05) is 0 Å². The molecule has 0 fully saturated rings. The van der Waals surface area contributed by atoms with Crippen molar-refractivity contribution in [3.63, 3.8) is 0 Å². The van der Waals surface area contributed by atoms with E-state index >= 15 is 0 Å². The van der Waals surface area contributed by atoms with Gasteiger partial charge in [0.1, 0.15) is 5.82 Å². The van der Waals surface area contributed by atoms with Crippen molar-refractivity contribution in [2.75, 3.05) is 5.73 Å². The van der Waals surface area contributed by atoms with Crippen molar-refractivity contribution < 1.29 is 4.39 Å². The molecule has 0 aliphatic rings. The predicted molar refractivity (Wildman–Crippen MR) is 89.3 cm³/mol. The molecular formula is C15H15BrFN3S. The number of fused-ring (bicyclic) bond motifs is 1. The lowest BCUT2D eigenvalue weighted by Gasteiger charge is -2.15. The third kappa shape index (κ3) is 2.70. The van der Waals surface area contributed by atoms with Crippen LogP contribution in [-0.4, -0.2) is 9.55 Å². The van der Waals surface area contributed by atoms with Crippen LogP contribution >= 0.6 is 27.3 Å². The van der Waals surface area contributed by atoms with E-state index in [1.165, 1.54) is 15.8 Å². The summed E-state index contributed by atoms with van der Waals surface area (Å²) in [6.07, 6.45) is 0.853. The zero-order chi connectivity index (χ0) is 15.1. The first kappa shape index (κ1) is 14.5. The Kier molecular flexibility index (Phi) is 3.75. The van der Waals surface area contributed by atoms with Gasteiger partial charge < -0.3 is 10.3 Å². The number of aromatic nitrogens is 2. The van der Waals surface area contributed by atoms with E-state index in [0.29, 0.717) is 15.9 Å². The molecule has 0 spiro atoms. The Bertz CT molecular complexity index is 809. The van der Waals surface area contributed by atoms with Gasteiger partial charge in [0.25, 0.3) is 0 Å². The molecule has 0 saturated heterocycles. The highest BCUT2D eigenvalue weighted by molar-refractivity contribution is 9.10. The minimum atomic E-state index is -0.303. The van der Waals surface area contributed by atoms with Crippen molar-refractivity contribution in [1.29, 1.82) is 0 Å². The van der Waals surface area contributed by atoms with Crippen LogP contribution in [0.25, 0.3) is 11.0 Å². The standard InChI is InChI=1S/C15H15BrFN3S/c1-8(5-10-4-3-9(2)21-10)20-14-7-12(17)11(16)6-13(14)19-15(20)18/h3-4,6-8H,5H2,1-2H3,(H2,18,19). The van der Waals surface area contributed by atoms with E-state index in [1.807, 2.05) is 4.57 Å². The van der Waals surface area contributed by atoms with E-state index in [2.05, 4.69) is 46.9 Å². The van der Waals surface area contributed by atoms with E-state index in [-0.39, 0.29) is 11.9 Å². The van der Waals surface area contributed by atoms with Crippen molar-refractivity contribution in [2.45, 2.75) is 26.3 Å². The smallest absolute Gasteiger partial charge is 0.201 e. The molecule has 0 saturated carbocycles. The molecule has 3 aromatic rings. The Morgan fingerprint density at radius 2 is 2.19 bits per heavy atom. The fourth-order valence-corrected chi connectivity index (χ4v) is 3.89. The molecule has 3 nitrogen and oxygen atoms in total. The topological polar surface area (TPSA) is 43.8 Å². The molecule has 3 rings (SSSR count). The molecule has 6 heteroatoms. The highest BCUT2D eigenvalue weighted by atomic mass is 79.9. The Hall–Kier alpha value is -1.40. The van der Waals surface area contributed by atoms with Crippen LogP contribution in [0.15, 0.2) is 28.7 Å². The monoisotopic (exact) mass is 367 g/mol. The second-order valence-corrected chi connectivity index (χ2v) is 7.39. The summed E-state index contributed by atoms with van der Waals surface area (Å²) in [5.74, 6) is 0.117. The average molecular weight is 368 g/mol. The Morgan fingerprint density at radius 3 is 2.86 bits per heavy atom. The van der Waals surface area contributed by atoms with Gasteiger partial charge in [0.15, 0.2) is 0 Å². The van der Waals surface area contributed by atoms with E-state index in [1.54, 1.807) is 17.4 Å². The number of nitrogen functional groups attached to an aromatic ring is 1. The summed E-state index contributed by atoms with van der Waals surface area (Å²) in [6.45, 7) is 4.17. The molecule has 0 aliphatic heterocycles. The molecular weight excluding hydrogens is 353 g/mol. The van der Waals surface area contributed by atoms with E-state index in [9.17, 15) is 4.39 Å². The number of aryl methyl sites for hydroxylation is 1. The van der Waals surface area contributed by atoms with Crippen molar-refractivity contribution in [3.8, 4) is 0 Å².